The number of nitrogens with one attached hydrogen (secondary N) is 1. The van der Waals surface area contributed by atoms with E-state index in [-0.39, 0.29) is 34.7 Å². The highest BCUT2D eigenvalue weighted by Crippen LogP contribution is 2.43. The Hall–Kier alpha value is -4.25. The molecule has 1 atom stereocenters. The fraction of sp³-hybridized carbons (Fsp3) is 0.267. The molecule has 41 heavy (non-hydrogen) atoms. The molecule has 2 aromatic heterocycles. The topological polar surface area (TPSA) is 77.0 Å². The molecule has 1 saturated heterocycles. The van der Waals surface area contributed by atoms with Crippen molar-refractivity contribution in [3.8, 4) is 22.3 Å². The monoisotopic (exact) mass is 568 g/mol. The first kappa shape index (κ1) is 28.3. The van der Waals surface area contributed by atoms with Crippen LogP contribution in [0.25, 0.3) is 22.3 Å². The van der Waals surface area contributed by atoms with Gasteiger partial charge in [-0.2, -0.15) is 0 Å². The number of nitrogens with zero attached hydrogens (tertiary/aromatic N) is 3. The molecule has 1 N–H and O–H groups in total. The largest absolute Gasteiger partial charge is 0.366 e. The molecular weight excluding hydrogens is 543 g/mol. The molecule has 0 aliphatic carbocycles. The van der Waals surface area contributed by atoms with Crippen LogP contribution in [0.2, 0.25) is 0 Å². The van der Waals surface area contributed by atoms with Gasteiger partial charge in [-0.3, -0.25) is 9.78 Å². The second-order valence-electron chi connectivity index (χ2n) is 10.1. The lowest BCUT2D eigenvalue weighted by Crippen LogP contribution is -2.31. The zero-order chi connectivity index (χ0) is 29.3. The normalized spacial score (nSPS) is 16.5. The van der Waals surface area contributed by atoms with E-state index in [9.17, 15) is 26.7 Å². The Morgan fingerprint density at radius 1 is 0.951 bits per heavy atom. The minimum atomic E-state index is -2.99. The number of alkyl halides is 2. The lowest BCUT2D eigenvalue weighted by atomic mass is 9.89. The summed E-state index contributed by atoms with van der Waals surface area (Å²) in [5.41, 5.74) is 1.65. The third kappa shape index (κ3) is 6.09. The number of halogens is 5. The first-order chi connectivity index (χ1) is 19.5. The number of hydrogen-bond donors (Lipinski definition) is 1. The first-order valence-electron chi connectivity index (χ1n) is 12.9. The molecule has 5 rings (SSSR count). The standard InChI is InChI=1S/C30H25F5N4O2/c1-16(2)28-37-13-18(14-38-28)29(40)39-19-5-3-17(4-6-19)26-20(21-11-23(32)24(33)12-22(21)31)8-10-36-27(26)25-7-9-30(34,35)15-41-25/h3-6,8,10-14,16,25H,7,9,15H2,1-2H3,(H,39,40). The van der Waals surface area contributed by atoms with Gasteiger partial charge in [0.1, 0.15) is 24.4 Å². The average Bonchev–Trinajstić information content (AvgIpc) is 2.95. The number of benzene rings is 2. The number of ether oxygens (including phenoxy) is 1. The molecule has 212 valence electrons. The molecule has 0 bridgehead atoms. The van der Waals surface area contributed by atoms with Gasteiger partial charge in [0.05, 0.1) is 11.3 Å². The fourth-order valence-corrected chi connectivity index (χ4v) is 4.59. The highest BCUT2D eigenvalue weighted by atomic mass is 19.3. The molecule has 1 amide bonds. The Morgan fingerprint density at radius 3 is 2.27 bits per heavy atom. The maximum atomic E-state index is 14.9. The van der Waals surface area contributed by atoms with Gasteiger partial charge in [-0.1, -0.05) is 26.0 Å². The summed E-state index contributed by atoms with van der Waals surface area (Å²) < 4.78 is 75.9. The van der Waals surface area contributed by atoms with Gasteiger partial charge < -0.3 is 10.1 Å². The number of carbonyl (C=O) groups is 1. The smallest absolute Gasteiger partial charge is 0.271 e. The van der Waals surface area contributed by atoms with Crippen LogP contribution in [0, 0.1) is 17.5 Å². The van der Waals surface area contributed by atoms with Gasteiger partial charge in [0.25, 0.3) is 11.8 Å². The van der Waals surface area contributed by atoms with Gasteiger partial charge in [-0.05, 0) is 41.8 Å². The van der Waals surface area contributed by atoms with Gasteiger partial charge in [-0.15, -0.1) is 0 Å². The summed E-state index contributed by atoms with van der Waals surface area (Å²) in [4.78, 5) is 25.5. The molecule has 1 fully saturated rings. The first-order valence-corrected chi connectivity index (χ1v) is 12.9. The molecule has 0 spiro atoms. The van der Waals surface area contributed by atoms with Crippen LogP contribution < -0.4 is 5.32 Å². The Morgan fingerprint density at radius 2 is 1.63 bits per heavy atom. The third-order valence-corrected chi connectivity index (χ3v) is 6.74. The van der Waals surface area contributed by atoms with Crippen LogP contribution in [0.15, 0.2) is 61.1 Å². The number of pyridine rings is 1. The quantitative estimate of drug-likeness (QED) is 0.193. The van der Waals surface area contributed by atoms with Crippen molar-refractivity contribution in [2.75, 3.05) is 11.9 Å². The molecule has 0 radical (unpaired) electrons. The van der Waals surface area contributed by atoms with Crippen LogP contribution in [-0.2, 0) is 4.74 Å². The summed E-state index contributed by atoms with van der Waals surface area (Å²) >= 11 is 0. The van der Waals surface area contributed by atoms with Crippen molar-refractivity contribution >= 4 is 11.6 Å². The fourth-order valence-electron chi connectivity index (χ4n) is 4.59. The van der Waals surface area contributed by atoms with Gasteiger partial charge in [0.2, 0.25) is 0 Å². The van der Waals surface area contributed by atoms with Crippen molar-refractivity contribution < 1.29 is 31.5 Å². The van der Waals surface area contributed by atoms with E-state index in [1.165, 1.54) is 24.7 Å². The Kier molecular flexibility index (Phi) is 7.81. The Bertz CT molecular complexity index is 1570. The van der Waals surface area contributed by atoms with Crippen molar-refractivity contribution in [3.05, 3.63) is 95.6 Å². The van der Waals surface area contributed by atoms with Crippen LogP contribution in [0.4, 0.5) is 27.6 Å². The summed E-state index contributed by atoms with van der Waals surface area (Å²) in [5, 5.41) is 2.75. The predicted octanol–water partition coefficient (Wildman–Crippen LogP) is 7.49. The number of carbonyl (C=O) groups excluding carboxylic acids is 1. The van der Waals surface area contributed by atoms with E-state index < -0.39 is 48.4 Å². The molecule has 1 aliphatic heterocycles. The molecule has 2 aromatic carbocycles. The molecule has 6 nitrogen and oxygen atoms in total. The van der Waals surface area contributed by atoms with Gasteiger partial charge in [0.15, 0.2) is 11.6 Å². The second kappa shape index (κ2) is 11.3. The van der Waals surface area contributed by atoms with Crippen molar-refractivity contribution in [2.24, 2.45) is 0 Å². The predicted molar refractivity (Wildman–Crippen MR) is 142 cm³/mol. The van der Waals surface area contributed by atoms with Crippen LogP contribution in [0.5, 0.6) is 0 Å². The molecule has 3 heterocycles. The van der Waals surface area contributed by atoms with Crippen LogP contribution in [0.3, 0.4) is 0 Å². The van der Waals surface area contributed by atoms with E-state index in [1.807, 2.05) is 13.8 Å². The van der Waals surface area contributed by atoms with Crippen molar-refractivity contribution in [3.63, 3.8) is 0 Å². The summed E-state index contributed by atoms with van der Waals surface area (Å²) in [6.07, 6.45) is 2.88. The van der Waals surface area contributed by atoms with Crippen molar-refractivity contribution in [1.82, 2.24) is 15.0 Å². The molecule has 11 heteroatoms. The van der Waals surface area contributed by atoms with Crippen molar-refractivity contribution in [1.29, 1.82) is 0 Å². The molecule has 1 unspecified atom stereocenters. The number of aromatic nitrogens is 3. The second-order valence-corrected chi connectivity index (χ2v) is 10.1. The minimum absolute atomic E-state index is 0.0531. The van der Waals surface area contributed by atoms with Crippen LogP contribution >= 0.6 is 0 Å². The third-order valence-electron chi connectivity index (χ3n) is 6.74. The summed E-state index contributed by atoms with van der Waals surface area (Å²) in [6, 6.07) is 9.04. The number of amides is 1. The summed E-state index contributed by atoms with van der Waals surface area (Å²) in [5.74, 6) is -6.30. The van der Waals surface area contributed by atoms with Crippen molar-refractivity contribution in [2.45, 2.75) is 44.6 Å². The molecule has 0 saturated carbocycles. The average molecular weight is 569 g/mol. The highest BCUT2D eigenvalue weighted by molar-refractivity contribution is 6.04. The van der Waals surface area contributed by atoms with E-state index in [4.69, 9.17) is 4.74 Å². The van der Waals surface area contributed by atoms with E-state index >= 15 is 0 Å². The number of anilines is 1. The molecule has 1 aliphatic rings. The summed E-state index contributed by atoms with van der Waals surface area (Å²) in [7, 11) is 0. The SMILES string of the molecule is CC(C)c1ncc(C(=O)Nc2ccc(-c3c(-c4cc(F)c(F)cc4F)ccnc3C3CCC(F)(F)CO3)cc2)cn1. The molecule has 4 aromatic rings. The summed E-state index contributed by atoms with van der Waals surface area (Å²) in [6.45, 7) is 3.06. The molecular formula is C30H25F5N4O2. The van der Waals surface area contributed by atoms with Gasteiger partial charge >= 0.3 is 0 Å². The Balaban J connectivity index is 1.51. The van der Waals surface area contributed by atoms with Gasteiger partial charge in [-0.25, -0.2) is 31.9 Å². The zero-order valence-electron chi connectivity index (χ0n) is 22.1. The van der Waals surface area contributed by atoms with E-state index in [0.29, 0.717) is 28.7 Å². The maximum absolute atomic E-state index is 14.9. The minimum Gasteiger partial charge on any atom is -0.366 e. The number of hydrogen-bond acceptors (Lipinski definition) is 5. The van der Waals surface area contributed by atoms with E-state index in [0.717, 1.165) is 6.07 Å². The van der Waals surface area contributed by atoms with E-state index in [2.05, 4.69) is 20.3 Å². The lowest BCUT2D eigenvalue weighted by molar-refractivity contribution is -0.146. The zero-order valence-corrected chi connectivity index (χ0v) is 22.1. The Labute approximate surface area is 232 Å². The van der Waals surface area contributed by atoms with E-state index in [1.54, 1.807) is 24.3 Å². The van der Waals surface area contributed by atoms with Gasteiger partial charge in [0, 0.05) is 53.8 Å². The van der Waals surface area contributed by atoms with Crippen LogP contribution in [-0.4, -0.2) is 33.4 Å². The van der Waals surface area contributed by atoms with Crippen LogP contribution in [0.1, 0.15) is 60.6 Å². The maximum Gasteiger partial charge on any atom is 0.271 e. The number of rotatable bonds is 6. The highest BCUT2D eigenvalue weighted by Gasteiger charge is 2.38. The lowest BCUT2D eigenvalue weighted by Gasteiger charge is -2.30.